The Morgan fingerprint density at radius 2 is 1.35 bits per heavy atom. The molecule has 3 aromatic rings. The number of hydrogen-bond donors (Lipinski definition) is 0. The van der Waals surface area contributed by atoms with Gasteiger partial charge in [0, 0.05) is 6.04 Å². The zero-order chi connectivity index (χ0) is 21.8. The lowest BCUT2D eigenvalue weighted by molar-refractivity contribution is 0.106. The van der Waals surface area contributed by atoms with Crippen molar-refractivity contribution in [2.75, 3.05) is 6.54 Å². The van der Waals surface area contributed by atoms with Crippen LogP contribution in [-0.4, -0.2) is 24.4 Å². The molecule has 0 saturated carbocycles. The first kappa shape index (κ1) is 20.5. The minimum Gasteiger partial charge on any atom is -0.402 e. The quantitative estimate of drug-likeness (QED) is 0.540. The zero-order valence-electron chi connectivity index (χ0n) is 19.4. The number of hydrogen-bond acceptors (Lipinski definition) is 2. The molecule has 0 amide bonds. The molecule has 0 aromatic heterocycles. The molecule has 0 N–H and O–H groups in total. The second kappa shape index (κ2) is 7.65. The third-order valence-electron chi connectivity index (χ3n) is 7.12. The van der Waals surface area contributed by atoms with E-state index in [2.05, 4.69) is 100 Å². The maximum atomic E-state index is 7.30. The third kappa shape index (κ3) is 3.35. The van der Waals surface area contributed by atoms with Crippen LogP contribution >= 0.6 is 0 Å². The molecule has 2 saturated heterocycles. The standard InChI is InChI=1S/C28H32BNO/c1-19-13-20(2)16-24(15-19)28(25-17-21(3)14-22(4)18-25)27-11-8-12-30(27)29(31-28)26-10-7-6-9-23(26)5/h6-7,9-10,13-18,27H,8,11-12H2,1-5H3. The van der Waals surface area contributed by atoms with E-state index in [9.17, 15) is 0 Å². The summed E-state index contributed by atoms with van der Waals surface area (Å²) < 4.78 is 7.30. The van der Waals surface area contributed by atoms with E-state index in [1.165, 1.54) is 50.8 Å². The molecule has 0 spiro atoms. The number of nitrogens with zero attached hydrogens (tertiary/aromatic N) is 1. The number of benzene rings is 3. The lowest BCUT2D eigenvalue weighted by Crippen LogP contribution is -2.46. The predicted octanol–water partition coefficient (Wildman–Crippen LogP) is 5.36. The van der Waals surface area contributed by atoms with Crippen molar-refractivity contribution < 1.29 is 4.65 Å². The normalized spacial score (nSPS) is 20.3. The molecule has 2 heterocycles. The van der Waals surface area contributed by atoms with Crippen molar-refractivity contribution in [3.05, 3.63) is 99.6 Å². The van der Waals surface area contributed by atoms with Crippen LogP contribution in [0.3, 0.4) is 0 Å². The Bertz CT molecular complexity index is 1050. The van der Waals surface area contributed by atoms with Crippen molar-refractivity contribution in [2.24, 2.45) is 0 Å². The van der Waals surface area contributed by atoms with Gasteiger partial charge in [-0.2, -0.15) is 0 Å². The van der Waals surface area contributed by atoms with Crippen LogP contribution in [0.15, 0.2) is 60.7 Å². The molecular weight excluding hydrogens is 377 g/mol. The first-order valence-electron chi connectivity index (χ1n) is 11.5. The molecule has 3 heteroatoms. The van der Waals surface area contributed by atoms with Crippen LogP contribution in [0.2, 0.25) is 0 Å². The van der Waals surface area contributed by atoms with Gasteiger partial charge in [0.15, 0.2) is 0 Å². The molecule has 1 atom stereocenters. The van der Waals surface area contributed by atoms with E-state index in [0.29, 0.717) is 6.04 Å². The summed E-state index contributed by atoms with van der Waals surface area (Å²) in [7, 11) is -0.0182. The van der Waals surface area contributed by atoms with Gasteiger partial charge in [-0.15, -0.1) is 0 Å². The fourth-order valence-corrected chi connectivity index (χ4v) is 6.00. The van der Waals surface area contributed by atoms with Crippen molar-refractivity contribution in [1.29, 1.82) is 0 Å². The molecule has 1 unspecified atom stereocenters. The lowest BCUT2D eigenvalue weighted by atomic mass is 9.70. The molecule has 2 aliphatic heterocycles. The summed E-state index contributed by atoms with van der Waals surface area (Å²) in [5, 5.41) is 0. The molecule has 158 valence electrons. The van der Waals surface area contributed by atoms with Gasteiger partial charge < -0.3 is 9.47 Å². The molecular formula is C28H32BNO. The SMILES string of the molecule is Cc1cc(C)cc(C2(c3cc(C)cc(C)c3)OB(c3ccccc3C)N3CCCC32)c1. The van der Waals surface area contributed by atoms with Gasteiger partial charge in [-0.25, -0.2) is 0 Å². The van der Waals surface area contributed by atoms with Crippen LogP contribution in [-0.2, 0) is 10.3 Å². The average molecular weight is 409 g/mol. The first-order chi connectivity index (χ1) is 14.9. The van der Waals surface area contributed by atoms with Gasteiger partial charge in [0.25, 0.3) is 0 Å². The Hall–Kier alpha value is -2.36. The van der Waals surface area contributed by atoms with Crippen LogP contribution in [0.4, 0.5) is 0 Å². The molecule has 31 heavy (non-hydrogen) atoms. The maximum absolute atomic E-state index is 7.30. The fourth-order valence-electron chi connectivity index (χ4n) is 6.00. The van der Waals surface area contributed by atoms with Crippen LogP contribution < -0.4 is 5.46 Å². The maximum Gasteiger partial charge on any atom is 0.420 e. The van der Waals surface area contributed by atoms with Gasteiger partial charge in [-0.3, -0.25) is 0 Å². The highest BCUT2D eigenvalue weighted by Gasteiger charge is 2.59. The molecule has 0 aliphatic carbocycles. The molecule has 0 bridgehead atoms. The van der Waals surface area contributed by atoms with E-state index in [4.69, 9.17) is 4.65 Å². The van der Waals surface area contributed by atoms with E-state index in [1.807, 2.05) is 0 Å². The van der Waals surface area contributed by atoms with Gasteiger partial charge in [0.1, 0.15) is 5.60 Å². The topological polar surface area (TPSA) is 12.5 Å². The number of aryl methyl sites for hydroxylation is 5. The molecule has 3 aromatic carbocycles. The summed E-state index contributed by atoms with van der Waals surface area (Å²) in [6, 6.07) is 23.0. The van der Waals surface area contributed by atoms with E-state index in [0.717, 1.165) is 13.0 Å². The van der Waals surface area contributed by atoms with Crippen molar-refractivity contribution in [1.82, 2.24) is 4.81 Å². The van der Waals surface area contributed by atoms with Crippen molar-refractivity contribution in [3.8, 4) is 0 Å². The monoisotopic (exact) mass is 409 g/mol. The highest BCUT2D eigenvalue weighted by atomic mass is 16.5. The van der Waals surface area contributed by atoms with Crippen LogP contribution in [0.1, 0.15) is 51.8 Å². The minimum absolute atomic E-state index is 0.0182. The van der Waals surface area contributed by atoms with Crippen LogP contribution in [0, 0.1) is 34.6 Å². The average Bonchev–Trinajstić information content (AvgIpc) is 3.29. The van der Waals surface area contributed by atoms with E-state index in [-0.39, 0.29) is 7.05 Å². The molecule has 2 nitrogen and oxygen atoms in total. The Balaban J connectivity index is 1.77. The van der Waals surface area contributed by atoms with E-state index in [1.54, 1.807) is 0 Å². The Labute approximate surface area is 187 Å². The molecule has 0 radical (unpaired) electrons. The minimum atomic E-state index is -0.461. The van der Waals surface area contributed by atoms with Gasteiger partial charge in [-0.05, 0) is 70.6 Å². The van der Waals surface area contributed by atoms with E-state index < -0.39 is 5.60 Å². The van der Waals surface area contributed by atoms with Gasteiger partial charge in [0.05, 0.1) is 0 Å². The van der Waals surface area contributed by atoms with E-state index >= 15 is 0 Å². The Morgan fingerprint density at radius 1 is 0.806 bits per heavy atom. The first-order valence-corrected chi connectivity index (χ1v) is 11.5. The van der Waals surface area contributed by atoms with Crippen LogP contribution in [0.25, 0.3) is 0 Å². The summed E-state index contributed by atoms with van der Waals surface area (Å²) in [5.74, 6) is 0. The smallest absolute Gasteiger partial charge is 0.402 e. The molecule has 5 rings (SSSR count). The largest absolute Gasteiger partial charge is 0.420 e. The van der Waals surface area contributed by atoms with Gasteiger partial charge >= 0.3 is 7.05 Å². The number of fused-ring (bicyclic) bond motifs is 1. The second-order valence-corrected chi connectivity index (χ2v) is 9.71. The number of rotatable bonds is 3. The fraction of sp³-hybridized carbons (Fsp3) is 0.357. The summed E-state index contributed by atoms with van der Waals surface area (Å²) in [4.78, 5) is 2.62. The zero-order valence-corrected chi connectivity index (χ0v) is 19.4. The predicted molar refractivity (Wildman–Crippen MR) is 130 cm³/mol. The molecule has 2 fully saturated rings. The molecule has 2 aliphatic rings. The second-order valence-electron chi connectivity index (χ2n) is 9.71. The van der Waals surface area contributed by atoms with Crippen molar-refractivity contribution in [3.63, 3.8) is 0 Å². The Kier molecular flexibility index (Phi) is 5.07. The van der Waals surface area contributed by atoms with Gasteiger partial charge in [-0.1, -0.05) is 88.5 Å². The highest BCUT2D eigenvalue weighted by molar-refractivity contribution is 6.66. The van der Waals surface area contributed by atoms with Crippen molar-refractivity contribution in [2.45, 2.75) is 59.1 Å². The third-order valence-corrected chi connectivity index (χ3v) is 7.12. The highest BCUT2D eigenvalue weighted by Crippen LogP contribution is 2.49. The van der Waals surface area contributed by atoms with Crippen molar-refractivity contribution >= 4 is 12.5 Å². The van der Waals surface area contributed by atoms with Gasteiger partial charge in [0.2, 0.25) is 0 Å². The van der Waals surface area contributed by atoms with Crippen LogP contribution in [0.5, 0.6) is 0 Å². The summed E-state index contributed by atoms with van der Waals surface area (Å²) >= 11 is 0. The lowest BCUT2D eigenvalue weighted by Gasteiger charge is -2.37. The summed E-state index contributed by atoms with van der Waals surface area (Å²) in [6.45, 7) is 12.1. The Morgan fingerprint density at radius 3 is 1.90 bits per heavy atom. The summed E-state index contributed by atoms with van der Waals surface area (Å²) in [6.07, 6.45) is 2.37. The summed E-state index contributed by atoms with van der Waals surface area (Å²) in [5.41, 5.74) is 9.91.